The second-order valence-electron chi connectivity index (χ2n) is 5.10. The van der Waals surface area contributed by atoms with Gasteiger partial charge in [0, 0.05) is 0 Å². The van der Waals surface area contributed by atoms with Crippen LogP contribution in [0, 0.1) is 0 Å². The molecule has 0 radical (unpaired) electrons. The molecule has 3 N–H and O–H groups in total. The van der Waals surface area contributed by atoms with Crippen molar-refractivity contribution in [3.8, 4) is 5.69 Å². The maximum absolute atomic E-state index is 12.3. The maximum atomic E-state index is 12.3. The summed E-state index contributed by atoms with van der Waals surface area (Å²) in [5, 5.41) is 10.4. The average molecular weight is 321 g/mol. The van der Waals surface area contributed by atoms with Crippen molar-refractivity contribution >= 4 is 11.8 Å². The Balaban J connectivity index is 1.79. The summed E-state index contributed by atoms with van der Waals surface area (Å²) in [6.45, 7) is 0. The molecule has 3 aromatic rings. The fourth-order valence-corrected chi connectivity index (χ4v) is 2.24. The Morgan fingerprint density at radius 3 is 2.25 bits per heavy atom. The zero-order chi connectivity index (χ0) is 16.9. The van der Waals surface area contributed by atoms with Crippen LogP contribution in [0.25, 0.3) is 5.69 Å². The molecule has 24 heavy (non-hydrogen) atoms. The van der Waals surface area contributed by atoms with Gasteiger partial charge in [0.1, 0.15) is 6.04 Å². The molecule has 0 aliphatic heterocycles. The monoisotopic (exact) mass is 321 g/mol. The van der Waals surface area contributed by atoms with Crippen LogP contribution in [0.5, 0.6) is 0 Å². The van der Waals surface area contributed by atoms with Gasteiger partial charge in [-0.1, -0.05) is 53.7 Å². The van der Waals surface area contributed by atoms with Gasteiger partial charge in [0.2, 0.25) is 5.91 Å². The predicted molar refractivity (Wildman–Crippen MR) is 87.2 cm³/mol. The summed E-state index contributed by atoms with van der Waals surface area (Å²) in [6.07, 6.45) is 1.49. The molecule has 0 bridgehead atoms. The Hall–Kier alpha value is -3.48. The number of aromatic nitrogens is 3. The number of carbonyl (C=O) groups is 2. The van der Waals surface area contributed by atoms with Gasteiger partial charge in [-0.05, 0) is 17.7 Å². The van der Waals surface area contributed by atoms with Gasteiger partial charge in [0.25, 0.3) is 5.91 Å². The molecular formula is C17H15N5O2. The first kappa shape index (κ1) is 15.4. The van der Waals surface area contributed by atoms with E-state index in [1.165, 1.54) is 10.9 Å². The van der Waals surface area contributed by atoms with Crippen molar-refractivity contribution < 1.29 is 9.59 Å². The van der Waals surface area contributed by atoms with Gasteiger partial charge in [-0.15, -0.1) is 5.10 Å². The van der Waals surface area contributed by atoms with Crippen molar-refractivity contribution in [1.29, 1.82) is 0 Å². The molecule has 120 valence electrons. The minimum atomic E-state index is -0.930. The molecule has 2 aromatic carbocycles. The fourth-order valence-electron chi connectivity index (χ4n) is 2.24. The lowest BCUT2D eigenvalue weighted by molar-refractivity contribution is -0.120. The van der Waals surface area contributed by atoms with Crippen molar-refractivity contribution in [3.63, 3.8) is 0 Å². The molecular weight excluding hydrogens is 306 g/mol. The molecule has 0 saturated carbocycles. The normalized spacial score (nSPS) is 11.7. The van der Waals surface area contributed by atoms with Crippen molar-refractivity contribution in [2.75, 3.05) is 0 Å². The molecule has 7 heteroatoms. The van der Waals surface area contributed by atoms with E-state index in [2.05, 4.69) is 15.6 Å². The molecule has 3 rings (SSSR count). The van der Waals surface area contributed by atoms with E-state index in [0.29, 0.717) is 5.56 Å². The van der Waals surface area contributed by atoms with Crippen LogP contribution in [0.1, 0.15) is 22.1 Å². The van der Waals surface area contributed by atoms with Crippen molar-refractivity contribution in [3.05, 3.63) is 78.1 Å². The summed E-state index contributed by atoms with van der Waals surface area (Å²) in [6, 6.07) is 17.1. The second kappa shape index (κ2) is 6.74. The molecule has 0 aliphatic rings. The lowest BCUT2D eigenvalue weighted by Gasteiger charge is -2.14. The number of nitrogens with one attached hydrogen (secondary N) is 1. The van der Waals surface area contributed by atoms with Crippen molar-refractivity contribution in [1.82, 2.24) is 20.3 Å². The number of nitrogens with two attached hydrogens (primary N) is 1. The molecule has 2 amide bonds. The van der Waals surface area contributed by atoms with Gasteiger partial charge < -0.3 is 11.1 Å². The number of nitrogens with zero attached hydrogens (tertiary/aromatic N) is 3. The van der Waals surface area contributed by atoms with Crippen LogP contribution >= 0.6 is 0 Å². The largest absolute Gasteiger partial charge is 0.368 e. The Morgan fingerprint density at radius 2 is 1.62 bits per heavy atom. The molecule has 0 aliphatic carbocycles. The fraction of sp³-hybridized carbons (Fsp3) is 0.0588. The lowest BCUT2D eigenvalue weighted by atomic mass is 10.1. The molecule has 1 aromatic heterocycles. The molecule has 7 nitrogen and oxygen atoms in total. The van der Waals surface area contributed by atoms with Crippen LogP contribution in [0.4, 0.5) is 0 Å². The number of benzene rings is 2. The highest BCUT2D eigenvalue weighted by molar-refractivity contribution is 5.95. The van der Waals surface area contributed by atoms with E-state index in [9.17, 15) is 9.59 Å². The molecule has 1 atom stereocenters. The molecule has 0 unspecified atom stereocenters. The van der Waals surface area contributed by atoms with Gasteiger partial charge in [-0.25, -0.2) is 4.68 Å². The minimum Gasteiger partial charge on any atom is -0.368 e. The molecule has 0 spiro atoms. The van der Waals surface area contributed by atoms with Crippen molar-refractivity contribution in [2.45, 2.75) is 6.04 Å². The molecule has 1 heterocycles. The smallest absolute Gasteiger partial charge is 0.274 e. The van der Waals surface area contributed by atoms with E-state index < -0.39 is 17.9 Å². The number of hydrogen-bond acceptors (Lipinski definition) is 4. The number of rotatable bonds is 5. The minimum absolute atomic E-state index is 0.0982. The number of para-hydroxylation sites is 1. The summed E-state index contributed by atoms with van der Waals surface area (Å²) in [5.41, 5.74) is 6.88. The van der Waals surface area contributed by atoms with Gasteiger partial charge in [-0.3, -0.25) is 9.59 Å². The van der Waals surface area contributed by atoms with Crippen molar-refractivity contribution in [2.24, 2.45) is 5.73 Å². The van der Waals surface area contributed by atoms with Gasteiger partial charge >= 0.3 is 0 Å². The molecule has 0 saturated heterocycles. The summed E-state index contributed by atoms with van der Waals surface area (Å²) in [5.74, 6) is -1.17. The highest BCUT2D eigenvalue weighted by atomic mass is 16.2. The molecule has 0 fully saturated rings. The van der Waals surface area contributed by atoms with Crippen LogP contribution < -0.4 is 11.1 Å². The third-order valence-corrected chi connectivity index (χ3v) is 3.44. The van der Waals surface area contributed by atoms with Gasteiger partial charge in [0.15, 0.2) is 5.69 Å². The Morgan fingerprint density at radius 1 is 1.00 bits per heavy atom. The maximum Gasteiger partial charge on any atom is 0.274 e. The Kier molecular flexibility index (Phi) is 4.33. The predicted octanol–water partition coefficient (Wildman–Crippen LogP) is 1.22. The standard InChI is InChI=1S/C17H15N5O2/c18-16(23)15(12-7-3-1-4-8-12)19-17(24)14-11-22(21-20-14)13-9-5-2-6-10-13/h1-11,15H,(H2,18,23)(H,19,24)/t15-/m1/s1. The highest BCUT2D eigenvalue weighted by Gasteiger charge is 2.22. The van der Waals surface area contributed by atoms with Crippen LogP contribution in [0.2, 0.25) is 0 Å². The zero-order valence-corrected chi connectivity index (χ0v) is 12.7. The van der Waals surface area contributed by atoms with Crippen LogP contribution in [-0.2, 0) is 4.79 Å². The quantitative estimate of drug-likeness (QED) is 0.737. The Bertz CT molecular complexity index is 846. The first-order valence-electron chi connectivity index (χ1n) is 7.28. The first-order chi connectivity index (χ1) is 11.6. The number of carbonyl (C=O) groups excluding carboxylic acids is 2. The van der Waals surface area contributed by atoms with Gasteiger partial charge in [-0.2, -0.15) is 0 Å². The van der Waals surface area contributed by atoms with E-state index in [1.54, 1.807) is 24.3 Å². The van der Waals surface area contributed by atoms with E-state index in [0.717, 1.165) is 5.69 Å². The third-order valence-electron chi connectivity index (χ3n) is 3.44. The third kappa shape index (κ3) is 3.30. The number of primary amides is 1. The van der Waals surface area contributed by atoms with E-state index in [1.807, 2.05) is 36.4 Å². The van der Waals surface area contributed by atoms with Crippen LogP contribution in [-0.4, -0.2) is 26.8 Å². The SMILES string of the molecule is NC(=O)[C@H](NC(=O)c1cn(-c2ccccc2)nn1)c1ccccc1. The number of amides is 2. The van der Waals surface area contributed by atoms with E-state index >= 15 is 0 Å². The average Bonchev–Trinajstić information content (AvgIpc) is 3.11. The second-order valence-corrected chi connectivity index (χ2v) is 5.10. The summed E-state index contributed by atoms with van der Waals surface area (Å²) < 4.78 is 1.48. The summed E-state index contributed by atoms with van der Waals surface area (Å²) in [4.78, 5) is 24.0. The van der Waals surface area contributed by atoms with E-state index in [4.69, 9.17) is 5.73 Å². The van der Waals surface area contributed by atoms with Crippen LogP contribution in [0.15, 0.2) is 66.9 Å². The highest BCUT2D eigenvalue weighted by Crippen LogP contribution is 2.13. The van der Waals surface area contributed by atoms with E-state index in [-0.39, 0.29) is 5.69 Å². The van der Waals surface area contributed by atoms with Crippen LogP contribution in [0.3, 0.4) is 0 Å². The Labute approximate surface area is 138 Å². The first-order valence-corrected chi connectivity index (χ1v) is 7.28. The van der Waals surface area contributed by atoms with Gasteiger partial charge in [0.05, 0.1) is 11.9 Å². The summed E-state index contributed by atoms with van der Waals surface area (Å²) in [7, 11) is 0. The summed E-state index contributed by atoms with van der Waals surface area (Å²) >= 11 is 0. The number of hydrogen-bond donors (Lipinski definition) is 2. The lowest BCUT2D eigenvalue weighted by Crippen LogP contribution is -2.37. The zero-order valence-electron chi connectivity index (χ0n) is 12.7. The topological polar surface area (TPSA) is 103 Å².